The third kappa shape index (κ3) is 7.38. The topological polar surface area (TPSA) is 111 Å². The molecule has 1 saturated carbocycles. The fourth-order valence-electron chi connectivity index (χ4n) is 6.86. The number of carbonyl (C=O) groups excluding carboxylic acids is 1. The smallest absolute Gasteiger partial charge is 0.408 e. The number of benzene rings is 3. The Morgan fingerprint density at radius 1 is 0.857 bits per heavy atom. The number of aryl methyl sites for hydroxylation is 2. The minimum Gasteiger partial charge on any atom is -0.488 e. The first kappa shape index (κ1) is 33.9. The van der Waals surface area contributed by atoms with E-state index in [1.54, 1.807) is 0 Å². The summed E-state index contributed by atoms with van der Waals surface area (Å²) in [5.74, 6) is -4.58. The van der Waals surface area contributed by atoms with Crippen molar-refractivity contribution in [2.24, 2.45) is 0 Å². The van der Waals surface area contributed by atoms with Crippen LogP contribution in [0.5, 0.6) is 5.75 Å². The Hall–Kier alpha value is -5.00. The van der Waals surface area contributed by atoms with Crippen LogP contribution in [0.4, 0.5) is 22.8 Å². The Kier molecular flexibility index (Phi) is 9.84. The van der Waals surface area contributed by atoms with Crippen LogP contribution >= 0.6 is 0 Å². The van der Waals surface area contributed by atoms with Gasteiger partial charge in [-0.15, -0.1) is 0 Å². The number of fused-ring (bicyclic) bond motifs is 2. The van der Waals surface area contributed by atoms with Gasteiger partial charge in [-0.25, -0.2) is 18.4 Å². The lowest BCUT2D eigenvalue weighted by molar-refractivity contribution is -0.128. The maximum Gasteiger partial charge on any atom is 0.408 e. The number of rotatable bonds is 11. The molecule has 0 spiro atoms. The van der Waals surface area contributed by atoms with Crippen molar-refractivity contribution in [2.75, 3.05) is 26.2 Å². The summed E-state index contributed by atoms with van der Waals surface area (Å²) in [5, 5.41) is 20.1. The molecule has 2 atom stereocenters. The molecule has 9 nitrogen and oxygen atoms in total. The first-order valence-electron chi connectivity index (χ1n) is 16.5. The van der Waals surface area contributed by atoms with Crippen LogP contribution in [0, 0.1) is 24.4 Å². The van der Waals surface area contributed by atoms with Gasteiger partial charge in [-0.2, -0.15) is 4.39 Å². The second-order valence-corrected chi connectivity index (χ2v) is 12.9. The van der Waals surface area contributed by atoms with Gasteiger partial charge in [-0.3, -0.25) is 9.69 Å². The van der Waals surface area contributed by atoms with Crippen LogP contribution in [0.1, 0.15) is 47.9 Å². The van der Waals surface area contributed by atoms with Crippen molar-refractivity contribution in [3.05, 3.63) is 106 Å². The summed E-state index contributed by atoms with van der Waals surface area (Å²) in [6, 6.07) is 15.5. The minimum absolute atomic E-state index is 0.00649. The maximum absolute atomic E-state index is 14.6. The van der Waals surface area contributed by atoms with Crippen LogP contribution in [0.25, 0.3) is 5.57 Å². The molecule has 3 aromatic carbocycles. The second kappa shape index (κ2) is 14.2. The van der Waals surface area contributed by atoms with Gasteiger partial charge in [0.2, 0.25) is 5.82 Å². The van der Waals surface area contributed by atoms with E-state index in [4.69, 9.17) is 4.74 Å². The highest BCUT2D eigenvalue weighted by Crippen LogP contribution is 2.41. The van der Waals surface area contributed by atoms with Crippen molar-refractivity contribution in [2.45, 2.75) is 63.6 Å². The van der Waals surface area contributed by atoms with Crippen LogP contribution < -0.4 is 4.74 Å². The molecular weight excluding hydrogens is 639 g/mol. The quantitative estimate of drug-likeness (QED) is 0.177. The summed E-state index contributed by atoms with van der Waals surface area (Å²) in [6.45, 7) is 2.25. The Labute approximate surface area is 282 Å². The number of hydrogen-bond donors (Lipinski definition) is 2. The maximum atomic E-state index is 14.6. The molecular formula is C37H38F3N3O6. The largest absolute Gasteiger partial charge is 0.488 e. The van der Waals surface area contributed by atoms with Gasteiger partial charge in [-0.05, 0) is 79.8 Å². The number of piperazine rings is 1. The SMILES string of the molecule is Cc1ccc(CCN(C(=O)C2=C(c3ccc(CCCOc4c(F)ccc(F)c4F)cc3)CC3CN(C(=O)O)CC2N3C(=O)O)C2CC2)cc1. The van der Waals surface area contributed by atoms with E-state index >= 15 is 0 Å². The van der Waals surface area contributed by atoms with Gasteiger partial charge in [0, 0.05) is 31.2 Å². The van der Waals surface area contributed by atoms with Crippen molar-refractivity contribution >= 4 is 23.7 Å². The number of carboxylic acid groups (broad SMARTS) is 2. The third-order valence-electron chi connectivity index (χ3n) is 9.54. The molecule has 49 heavy (non-hydrogen) atoms. The molecule has 2 bridgehead atoms. The summed E-state index contributed by atoms with van der Waals surface area (Å²) in [5.41, 5.74) is 4.85. The van der Waals surface area contributed by atoms with Gasteiger partial charge in [0.25, 0.3) is 5.91 Å². The summed E-state index contributed by atoms with van der Waals surface area (Å²) < 4.78 is 46.5. The zero-order chi connectivity index (χ0) is 34.8. The van der Waals surface area contributed by atoms with E-state index in [1.165, 1.54) is 9.80 Å². The van der Waals surface area contributed by atoms with E-state index in [-0.39, 0.29) is 38.1 Å². The van der Waals surface area contributed by atoms with Crippen LogP contribution in [0.2, 0.25) is 0 Å². The van der Waals surface area contributed by atoms with Gasteiger partial charge in [0.15, 0.2) is 17.4 Å². The molecule has 3 aliphatic rings. The van der Waals surface area contributed by atoms with Gasteiger partial charge in [0.05, 0.1) is 18.7 Å². The molecule has 2 heterocycles. The van der Waals surface area contributed by atoms with Crippen LogP contribution in [0.15, 0.2) is 66.2 Å². The van der Waals surface area contributed by atoms with Crippen molar-refractivity contribution in [3.8, 4) is 5.75 Å². The Balaban J connectivity index is 1.26. The van der Waals surface area contributed by atoms with Crippen molar-refractivity contribution in [1.82, 2.24) is 14.7 Å². The predicted octanol–water partition coefficient (Wildman–Crippen LogP) is 6.53. The summed E-state index contributed by atoms with van der Waals surface area (Å²) in [4.78, 5) is 43.5. The average Bonchev–Trinajstić information content (AvgIpc) is 3.92. The second-order valence-electron chi connectivity index (χ2n) is 12.9. The zero-order valence-corrected chi connectivity index (χ0v) is 27.1. The fourth-order valence-corrected chi connectivity index (χ4v) is 6.86. The third-order valence-corrected chi connectivity index (χ3v) is 9.54. The van der Waals surface area contributed by atoms with Crippen LogP contribution in [-0.4, -0.2) is 87.4 Å². The molecule has 12 heteroatoms. The van der Waals surface area contributed by atoms with Crippen molar-refractivity contribution in [1.29, 1.82) is 0 Å². The van der Waals surface area contributed by atoms with Gasteiger partial charge < -0.3 is 24.7 Å². The molecule has 258 valence electrons. The van der Waals surface area contributed by atoms with Gasteiger partial charge in [0.1, 0.15) is 0 Å². The van der Waals surface area contributed by atoms with Crippen LogP contribution in [-0.2, 0) is 17.6 Å². The monoisotopic (exact) mass is 677 g/mol. The Bertz CT molecular complexity index is 1760. The van der Waals surface area contributed by atoms with E-state index < -0.39 is 47.5 Å². The Morgan fingerprint density at radius 2 is 1.51 bits per heavy atom. The molecule has 3 aromatic rings. The predicted molar refractivity (Wildman–Crippen MR) is 175 cm³/mol. The highest BCUT2D eigenvalue weighted by Gasteiger charge is 2.49. The number of ether oxygens (including phenoxy) is 1. The van der Waals surface area contributed by atoms with Gasteiger partial charge >= 0.3 is 12.2 Å². The van der Waals surface area contributed by atoms with E-state index in [1.807, 2.05) is 60.4 Å². The highest BCUT2D eigenvalue weighted by molar-refractivity contribution is 6.04. The molecule has 2 N–H and O–H groups in total. The number of hydrogen-bond acceptors (Lipinski definition) is 4. The summed E-state index contributed by atoms with van der Waals surface area (Å²) in [7, 11) is 0. The normalized spacial score (nSPS) is 18.8. The zero-order valence-electron chi connectivity index (χ0n) is 27.1. The van der Waals surface area contributed by atoms with E-state index in [0.717, 1.165) is 41.2 Å². The van der Waals surface area contributed by atoms with Crippen LogP contribution in [0.3, 0.4) is 0 Å². The average molecular weight is 678 g/mol. The molecule has 3 amide bonds. The number of nitrogens with zero attached hydrogens (tertiary/aromatic N) is 3. The summed E-state index contributed by atoms with van der Waals surface area (Å²) >= 11 is 0. The summed E-state index contributed by atoms with van der Waals surface area (Å²) in [6.07, 6.45) is 1.00. The molecule has 2 fully saturated rings. The molecule has 0 aromatic heterocycles. The van der Waals surface area contributed by atoms with Gasteiger partial charge in [-0.1, -0.05) is 54.1 Å². The molecule has 2 unspecified atom stereocenters. The molecule has 0 radical (unpaired) electrons. The van der Waals surface area contributed by atoms with E-state index in [9.17, 15) is 37.8 Å². The first-order chi connectivity index (χ1) is 23.5. The van der Waals surface area contributed by atoms with E-state index in [2.05, 4.69) is 0 Å². The number of halogens is 3. The highest BCUT2D eigenvalue weighted by atomic mass is 19.2. The van der Waals surface area contributed by atoms with Crippen molar-refractivity contribution < 1.29 is 42.5 Å². The van der Waals surface area contributed by atoms with Crippen molar-refractivity contribution in [3.63, 3.8) is 0 Å². The molecule has 1 aliphatic carbocycles. The number of amides is 3. The standard InChI is InChI=1S/C37H38F3N3O6/c1-22-4-6-24(7-5-22)16-17-42(26-12-13-26)35(44)32-28(19-27-20-41(36(45)46)21-31(32)43(27)37(47)48)25-10-8-23(9-11-25)3-2-18-49-34-30(39)15-14-29(38)33(34)40/h4-11,14-15,26-27,31H,2-3,12-13,16-21H2,1H3,(H,45,46)(H,47,48). The molecule has 2 aliphatic heterocycles. The minimum atomic E-state index is -1.37. The lowest BCUT2D eigenvalue weighted by Gasteiger charge is -2.49. The molecule has 1 saturated heterocycles. The Morgan fingerprint density at radius 3 is 2.16 bits per heavy atom. The van der Waals surface area contributed by atoms with E-state index in [0.29, 0.717) is 43.0 Å². The lowest BCUT2D eigenvalue weighted by Crippen LogP contribution is -2.65. The fraction of sp³-hybridized carbons (Fsp3) is 0.378. The first-order valence-corrected chi connectivity index (χ1v) is 16.5. The molecule has 6 rings (SSSR count). The number of carbonyl (C=O) groups is 3. The lowest BCUT2D eigenvalue weighted by atomic mass is 9.81.